The number of hydrogen-bond donors (Lipinski definition) is 1. The number of benzene rings is 1. The van der Waals surface area contributed by atoms with E-state index in [1.54, 1.807) is 12.4 Å². The van der Waals surface area contributed by atoms with E-state index in [9.17, 15) is 4.79 Å². The zero-order valence-corrected chi connectivity index (χ0v) is 15.8. The van der Waals surface area contributed by atoms with Crippen LogP contribution in [0.3, 0.4) is 0 Å². The first kappa shape index (κ1) is 17.7. The number of pyridine rings is 1. The average molecular weight is 379 g/mol. The van der Waals surface area contributed by atoms with Gasteiger partial charge in [-0.15, -0.1) is 22.0 Å². The maximum Gasteiger partial charge on any atom is 0.234 e. The molecule has 27 heavy (non-hydrogen) atoms. The van der Waals surface area contributed by atoms with Crippen molar-refractivity contribution in [2.75, 3.05) is 11.1 Å². The first-order valence-electron chi connectivity index (χ1n) is 9.15. The number of fused-ring (bicyclic) bond motifs is 1. The molecule has 0 aliphatic carbocycles. The predicted octanol–water partition coefficient (Wildman–Crippen LogP) is 3.80. The third kappa shape index (κ3) is 4.36. The molecule has 0 unspecified atom stereocenters. The Kier molecular flexibility index (Phi) is 5.48. The summed E-state index contributed by atoms with van der Waals surface area (Å²) in [6.07, 6.45) is 8.04. The molecule has 0 bridgehead atoms. The molecule has 3 aromatic rings. The number of carbonyl (C=O) groups excluding carboxylic acids is 1. The van der Waals surface area contributed by atoms with Crippen molar-refractivity contribution in [3.8, 4) is 11.4 Å². The molecule has 0 saturated heterocycles. The van der Waals surface area contributed by atoms with Gasteiger partial charge < -0.3 is 9.88 Å². The zero-order chi connectivity index (χ0) is 18.5. The Morgan fingerprint density at radius 1 is 1.04 bits per heavy atom. The van der Waals surface area contributed by atoms with Crippen molar-refractivity contribution < 1.29 is 4.79 Å². The third-order valence-electron chi connectivity index (χ3n) is 4.56. The second-order valence-corrected chi connectivity index (χ2v) is 7.55. The molecule has 7 heteroatoms. The number of hydrogen-bond acceptors (Lipinski definition) is 5. The molecular formula is C20H21N5OS. The van der Waals surface area contributed by atoms with Crippen LogP contribution in [0.4, 0.5) is 5.69 Å². The van der Waals surface area contributed by atoms with Crippen molar-refractivity contribution in [3.05, 3.63) is 54.6 Å². The van der Waals surface area contributed by atoms with Crippen molar-refractivity contribution in [2.45, 2.75) is 37.1 Å². The normalized spacial score (nSPS) is 13.6. The van der Waals surface area contributed by atoms with Gasteiger partial charge in [0.05, 0.1) is 5.75 Å². The molecule has 1 amide bonds. The van der Waals surface area contributed by atoms with Gasteiger partial charge in [0.25, 0.3) is 0 Å². The first-order valence-corrected chi connectivity index (χ1v) is 10.1. The summed E-state index contributed by atoms with van der Waals surface area (Å²) < 4.78 is 2.23. The lowest BCUT2D eigenvalue weighted by molar-refractivity contribution is -0.113. The number of thioether (sulfide) groups is 1. The van der Waals surface area contributed by atoms with E-state index in [0.717, 1.165) is 40.8 Å². The number of rotatable bonds is 5. The Morgan fingerprint density at radius 3 is 2.67 bits per heavy atom. The molecular weight excluding hydrogens is 358 g/mol. The van der Waals surface area contributed by atoms with Crippen LogP contribution in [0.15, 0.2) is 53.7 Å². The number of aromatic nitrogens is 4. The first-order chi connectivity index (χ1) is 13.3. The van der Waals surface area contributed by atoms with Crippen LogP contribution in [-0.4, -0.2) is 31.4 Å². The third-order valence-corrected chi connectivity index (χ3v) is 5.57. The van der Waals surface area contributed by atoms with Crippen LogP contribution < -0.4 is 5.32 Å². The number of anilines is 1. The summed E-state index contributed by atoms with van der Waals surface area (Å²) in [6, 6.07) is 11.6. The smallest absolute Gasteiger partial charge is 0.234 e. The minimum absolute atomic E-state index is 0.0269. The van der Waals surface area contributed by atoms with Crippen LogP contribution in [-0.2, 0) is 17.8 Å². The van der Waals surface area contributed by atoms with Crippen LogP contribution in [0.2, 0.25) is 0 Å². The van der Waals surface area contributed by atoms with Crippen molar-refractivity contribution in [3.63, 3.8) is 0 Å². The van der Waals surface area contributed by atoms with Gasteiger partial charge in [-0.3, -0.25) is 9.78 Å². The lowest BCUT2D eigenvalue weighted by atomic mass is 10.2. The Balaban J connectivity index is 1.39. The lowest BCUT2D eigenvalue weighted by Gasteiger charge is -2.09. The summed E-state index contributed by atoms with van der Waals surface area (Å²) in [4.78, 5) is 17.2. The van der Waals surface area contributed by atoms with Crippen molar-refractivity contribution in [2.24, 2.45) is 0 Å². The SMILES string of the molecule is O=C(CSc1ccncc1)Nc1ccc(-c2nnc3n2CCCCC3)cc1. The molecule has 1 aliphatic rings. The van der Waals surface area contributed by atoms with Crippen LogP contribution in [0, 0.1) is 0 Å². The van der Waals surface area contributed by atoms with E-state index >= 15 is 0 Å². The van der Waals surface area contributed by atoms with Gasteiger partial charge in [-0.2, -0.15) is 0 Å². The highest BCUT2D eigenvalue weighted by molar-refractivity contribution is 8.00. The molecule has 138 valence electrons. The molecule has 2 aromatic heterocycles. The number of aryl methyl sites for hydroxylation is 1. The molecule has 4 rings (SSSR count). The van der Waals surface area contributed by atoms with Crippen molar-refractivity contribution in [1.82, 2.24) is 19.7 Å². The van der Waals surface area contributed by atoms with Crippen molar-refractivity contribution in [1.29, 1.82) is 0 Å². The van der Waals surface area contributed by atoms with E-state index in [1.807, 2.05) is 36.4 Å². The van der Waals surface area contributed by atoms with E-state index in [1.165, 1.54) is 31.0 Å². The van der Waals surface area contributed by atoms with Gasteiger partial charge in [0.15, 0.2) is 5.82 Å². The number of carbonyl (C=O) groups is 1. The Hall–Kier alpha value is -2.67. The Bertz CT molecular complexity index is 908. The molecule has 3 heterocycles. The molecule has 1 aliphatic heterocycles. The molecule has 6 nitrogen and oxygen atoms in total. The summed E-state index contributed by atoms with van der Waals surface area (Å²) >= 11 is 1.49. The molecule has 1 N–H and O–H groups in total. The highest BCUT2D eigenvalue weighted by atomic mass is 32.2. The van der Waals surface area contributed by atoms with Gasteiger partial charge in [0, 0.05) is 41.5 Å². The maximum atomic E-state index is 12.2. The quantitative estimate of drug-likeness (QED) is 0.683. The fourth-order valence-corrected chi connectivity index (χ4v) is 3.87. The van der Waals surface area contributed by atoms with E-state index in [4.69, 9.17) is 0 Å². The standard InChI is InChI=1S/C20H21N5OS/c26-19(14-27-17-9-11-21-12-10-17)22-16-7-5-15(6-8-16)20-24-23-18-4-2-1-3-13-25(18)20/h5-12H,1-4,13-14H2,(H,22,26). The second-order valence-electron chi connectivity index (χ2n) is 6.50. The van der Waals surface area contributed by atoms with E-state index in [-0.39, 0.29) is 5.91 Å². The minimum Gasteiger partial charge on any atom is -0.325 e. The highest BCUT2D eigenvalue weighted by Crippen LogP contribution is 2.24. The van der Waals surface area contributed by atoms with Gasteiger partial charge in [-0.05, 0) is 49.2 Å². The molecule has 0 saturated carbocycles. The minimum atomic E-state index is -0.0269. The van der Waals surface area contributed by atoms with Gasteiger partial charge in [0.1, 0.15) is 5.82 Å². The van der Waals surface area contributed by atoms with E-state index in [2.05, 4.69) is 25.1 Å². The number of nitrogens with zero attached hydrogens (tertiary/aromatic N) is 4. The molecule has 1 aromatic carbocycles. The van der Waals surface area contributed by atoms with Crippen LogP contribution >= 0.6 is 11.8 Å². The Labute approximate surface area is 162 Å². The van der Waals surface area contributed by atoms with Crippen LogP contribution in [0.25, 0.3) is 11.4 Å². The van der Waals surface area contributed by atoms with Gasteiger partial charge in [0.2, 0.25) is 5.91 Å². The lowest BCUT2D eigenvalue weighted by Crippen LogP contribution is -2.13. The summed E-state index contributed by atoms with van der Waals surface area (Å²) in [7, 11) is 0. The van der Waals surface area contributed by atoms with Crippen molar-refractivity contribution >= 4 is 23.4 Å². The summed E-state index contributed by atoms with van der Waals surface area (Å²) in [5, 5.41) is 11.7. The fourth-order valence-electron chi connectivity index (χ4n) is 3.18. The molecule has 0 atom stereocenters. The van der Waals surface area contributed by atoms with Gasteiger partial charge in [-0.25, -0.2) is 0 Å². The largest absolute Gasteiger partial charge is 0.325 e. The van der Waals surface area contributed by atoms with Gasteiger partial charge in [-0.1, -0.05) is 6.42 Å². The highest BCUT2D eigenvalue weighted by Gasteiger charge is 2.16. The van der Waals surface area contributed by atoms with E-state index in [0.29, 0.717) is 5.75 Å². The predicted molar refractivity (Wildman–Crippen MR) is 107 cm³/mol. The summed E-state index contributed by atoms with van der Waals surface area (Å²) in [5.74, 6) is 2.33. The monoisotopic (exact) mass is 379 g/mol. The van der Waals surface area contributed by atoms with Gasteiger partial charge >= 0.3 is 0 Å². The van der Waals surface area contributed by atoms with E-state index < -0.39 is 0 Å². The number of nitrogens with one attached hydrogen (secondary N) is 1. The van der Waals surface area contributed by atoms with Crippen LogP contribution in [0.5, 0.6) is 0 Å². The second kappa shape index (κ2) is 8.35. The molecule has 0 spiro atoms. The summed E-state index contributed by atoms with van der Waals surface area (Å²) in [5.41, 5.74) is 1.81. The topological polar surface area (TPSA) is 72.7 Å². The summed E-state index contributed by atoms with van der Waals surface area (Å²) in [6.45, 7) is 0.975. The average Bonchev–Trinajstić information content (AvgIpc) is 2.96. The maximum absolute atomic E-state index is 12.2. The molecule has 0 fully saturated rings. The Morgan fingerprint density at radius 2 is 1.85 bits per heavy atom. The van der Waals surface area contributed by atoms with Crippen LogP contribution in [0.1, 0.15) is 25.1 Å². The number of amides is 1. The zero-order valence-electron chi connectivity index (χ0n) is 15.0. The molecule has 0 radical (unpaired) electrons. The fraction of sp³-hybridized carbons (Fsp3) is 0.300.